The Morgan fingerprint density at radius 2 is 2.00 bits per heavy atom. The van der Waals surface area contributed by atoms with Crippen molar-refractivity contribution in [3.63, 3.8) is 0 Å². The van der Waals surface area contributed by atoms with E-state index in [4.69, 9.17) is 0 Å². The zero-order valence-electron chi connectivity index (χ0n) is 10.8. The van der Waals surface area contributed by atoms with Crippen LogP contribution in [-0.4, -0.2) is 29.1 Å². The third-order valence-electron chi connectivity index (χ3n) is 3.48. The average Bonchev–Trinajstić information content (AvgIpc) is 3.00. The fraction of sp³-hybridized carbons (Fsp3) is 0.429. The minimum absolute atomic E-state index is 0.613. The van der Waals surface area contributed by atoms with Crippen molar-refractivity contribution in [3.05, 3.63) is 40.8 Å². The molecule has 3 heterocycles. The van der Waals surface area contributed by atoms with Crippen LogP contribution in [0.3, 0.4) is 0 Å². The van der Waals surface area contributed by atoms with Gasteiger partial charge in [-0.05, 0) is 30.4 Å². The molecule has 1 fully saturated rings. The summed E-state index contributed by atoms with van der Waals surface area (Å²) in [6, 6.07) is 6.77. The van der Waals surface area contributed by atoms with E-state index < -0.39 is 0 Å². The fourth-order valence-electron chi connectivity index (χ4n) is 2.40. The van der Waals surface area contributed by atoms with Crippen molar-refractivity contribution in [2.24, 2.45) is 0 Å². The molecule has 0 aromatic carbocycles. The topological polar surface area (TPSA) is 41.1 Å². The van der Waals surface area contributed by atoms with Crippen LogP contribution in [0.15, 0.2) is 36.0 Å². The molecule has 1 N–H and O–H groups in total. The number of anilines is 1. The molecule has 19 heavy (non-hydrogen) atoms. The van der Waals surface area contributed by atoms with Gasteiger partial charge in [-0.3, -0.25) is 0 Å². The van der Waals surface area contributed by atoms with Crippen LogP contribution in [0.4, 0.5) is 5.95 Å². The number of nitrogens with zero attached hydrogens (tertiary/aromatic N) is 3. The summed E-state index contributed by atoms with van der Waals surface area (Å²) in [5.41, 5.74) is 0. The van der Waals surface area contributed by atoms with Crippen LogP contribution >= 0.6 is 11.3 Å². The lowest BCUT2D eigenvalue weighted by molar-refractivity contribution is 0.412. The van der Waals surface area contributed by atoms with Crippen LogP contribution in [0.2, 0.25) is 0 Å². The summed E-state index contributed by atoms with van der Waals surface area (Å²) in [6.45, 7) is 3.06. The summed E-state index contributed by atoms with van der Waals surface area (Å²) in [5, 5.41) is 5.77. The van der Waals surface area contributed by atoms with Gasteiger partial charge >= 0.3 is 0 Å². The van der Waals surface area contributed by atoms with Gasteiger partial charge in [0.2, 0.25) is 5.95 Å². The lowest BCUT2D eigenvalue weighted by Crippen LogP contribution is -2.42. The maximum atomic E-state index is 4.31. The van der Waals surface area contributed by atoms with E-state index in [9.17, 15) is 0 Å². The molecule has 2 aromatic heterocycles. The fourth-order valence-corrected chi connectivity index (χ4v) is 3.05. The SMILES string of the molecule is c1cnc(N2CCC(NCc3cccs3)CC2)nc1. The van der Waals surface area contributed by atoms with Gasteiger partial charge < -0.3 is 10.2 Å². The van der Waals surface area contributed by atoms with Crippen molar-refractivity contribution in [2.45, 2.75) is 25.4 Å². The number of aromatic nitrogens is 2. The molecule has 0 bridgehead atoms. The zero-order valence-corrected chi connectivity index (χ0v) is 11.6. The van der Waals surface area contributed by atoms with Gasteiger partial charge in [0, 0.05) is 42.9 Å². The lowest BCUT2D eigenvalue weighted by atomic mass is 10.1. The van der Waals surface area contributed by atoms with E-state index >= 15 is 0 Å². The second kappa shape index (κ2) is 6.12. The molecule has 100 valence electrons. The van der Waals surface area contributed by atoms with Crippen molar-refractivity contribution in [1.82, 2.24) is 15.3 Å². The predicted molar refractivity (Wildman–Crippen MR) is 78.4 cm³/mol. The highest BCUT2D eigenvalue weighted by Crippen LogP contribution is 2.16. The van der Waals surface area contributed by atoms with Crippen molar-refractivity contribution in [2.75, 3.05) is 18.0 Å². The van der Waals surface area contributed by atoms with Crippen molar-refractivity contribution < 1.29 is 0 Å². The number of hydrogen-bond acceptors (Lipinski definition) is 5. The summed E-state index contributed by atoms with van der Waals surface area (Å²) in [5.74, 6) is 0.860. The largest absolute Gasteiger partial charge is 0.341 e. The van der Waals surface area contributed by atoms with Crippen LogP contribution < -0.4 is 10.2 Å². The van der Waals surface area contributed by atoms with Crippen LogP contribution in [0.5, 0.6) is 0 Å². The molecular formula is C14H18N4S. The van der Waals surface area contributed by atoms with Gasteiger partial charge in [0.25, 0.3) is 0 Å². The quantitative estimate of drug-likeness (QED) is 0.929. The Kier molecular flexibility index (Phi) is 4.05. The molecule has 0 spiro atoms. The second-order valence-corrected chi connectivity index (χ2v) is 5.80. The smallest absolute Gasteiger partial charge is 0.225 e. The van der Waals surface area contributed by atoms with Crippen LogP contribution in [0.25, 0.3) is 0 Å². The summed E-state index contributed by atoms with van der Waals surface area (Å²) in [4.78, 5) is 12.3. The molecule has 0 aliphatic carbocycles. The molecule has 0 saturated carbocycles. The first-order valence-electron chi connectivity index (χ1n) is 6.69. The molecule has 1 aliphatic heterocycles. The molecule has 0 atom stereocenters. The molecule has 1 saturated heterocycles. The summed E-state index contributed by atoms with van der Waals surface area (Å²) >= 11 is 1.82. The Morgan fingerprint density at radius 3 is 2.68 bits per heavy atom. The van der Waals surface area contributed by atoms with Crippen molar-refractivity contribution in [1.29, 1.82) is 0 Å². The summed E-state index contributed by atoms with van der Waals surface area (Å²) in [7, 11) is 0. The number of rotatable bonds is 4. The Balaban J connectivity index is 1.47. The van der Waals surface area contributed by atoms with E-state index in [1.165, 1.54) is 4.88 Å². The Labute approximate surface area is 117 Å². The number of hydrogen-bond donors (Lipinski definition) is 1. The minimum Gasteiger partial charge on any atom is -0.341 e. The highest BCUT2D eigenvalue weighted by molar-refractivity contribution is 7.09. The molecule has 2 aromatic rings. The molecule has 0 amide bonds. The first-order chi connectivity index (χ1) is 9.42. The molecule has 3 rings (SSSR count). The van der Waals surface area contributed by atoms with E-state index in [2.05, 4.69) is 37.7 Å². The third-order valence-corrected chi connectivity index (χ3v) is 4.35. The van der Waals surface area contributed by atoms with Gasteiger partial charge in [0.05, 0.1) is 0 Å². The van der Waals surface area contributed by atoms with Gasteiger partial charge in [-0.2, -0.15) is 0 Å². The van der Waals surface area contributed by atoms with Crippen molar-refractivity contribution >= 4 is 17.3 Å². The van der Waals surface area contributed by atoms with Gasteiger partial charge in [-0.1, -0.05) is 6.07 Å². The van der Waals surface area contributed by atoms with Gasteiger partial charge in [-0.15, -0.1) is 11.3 Å². The second-order valence-electron chi connectivity index (χ2n) is 4.77. The molecule has 0 unspecified atom stereocenters. The van der Waals surface area contributed by atoms with E-state index in [0.717, 1.165) is 38.4 Å². The van der Waals surface area contributed by atoms with E-state index in [0.29, 0.717) is 6.04 Å². The molecule has 4 nitrogen and oxygen atoms in total. The average molecular weight is 274 g/mol. The number of nitrogens with one attached hydrogen (secondary N) is 1. The van der Waals surface area contributed by atoms with E-state index in [1.807, 2.05) is 29.8 Å². The summed E-state index contributed by atoms with van der Waals surface area (Å²) < 4.78 is 0. The maximum absolute atomic E-state index is 4.31. The normalized spacial score (nSPS) is 16.7. The van der Waals surface area contributed by atoms with Gasteiger partial charge in [0.15, 0.2) is 0 Å². The van der Waals surface area contributed by atoms with Crippen molar-refractivity contribution in [3.8, 4) is 0 Å². The Hall–Kier alpha value is -1.46. The summed E-state index contributed by atoms with van der Waals surface area (Å²) in [6.07, 6.45) is 5.93. The Bertz CT molecular complexity index is 477. The highest BCUT2D eigenvalue weighted by Gasteiger charge is 2.20. The first kappa shape index (κ1) is 12.6. The van der Waals surface area contributed by atoms with Crippen LogP contribution in [0, 0.1) is 0 Å². The highest BCUT2D eigenvalue weighted by atomic mass is 32.1. The number of piperidine rings is 1. The predicted octanol–water partition coefficient (Wildman–Crippen LogP) is 2.30. The molecule has 1 aliphatic rings. The monoisotopic (exact) mass is 274 g/mol. The maximum Gasteiger partial charge on any atom is 0.225 e. The third kappa shape index (κ3) is 3.30. The molecule has 0 radical (unpaired) electrons. The van der Waals surface area contributed by atoms with E-state index in [1.54, 1.807) is 0 Å². The standard InChI is InChI=1S/C14H18N4S/c1-3-13(19-10-1)11-17-12-4-8-18(9-5-12)14-15-6-2-7-16-14/h1-3,6-7,10,12,17H,4-5,8-9,11H2. The molecular weight excluding hydrogens is 256 g/mol. The molecule has 5 heteroatoms. The zero-order chi connectivity index (χ0) is 12.9. The van der Waals surface area contributed by atoms with Crippen LogP contribution in [-0.2, 0) is 6.54 Å². The van der Waals surface area contributed by atoms with E-state index in [-0.39, 0.29) is 0 Å². The minimum atomic E-state index is 0.613. The number of thiophene rings is 1. The van der Waals surface area contributed by atoms with Gasteiger partial charge in [-0.25, -0.2) is 9.97 Å². The Morgan fingerprint density at radius 1 is 1.21 bits per heavy atom. The van der Waals surface area contributed by atoms with Crippen LogP contribution in [0.1, 0.15) is 17.7 Å². The first-order valence-corrected chi connectivity index (χ1v) is 7.57. The lowest BCUT2D eigenvalue weighted by Gasteiger charge is -2.32. The van der Waals surface area contributed by atoms with Gasteiger partial charge in [0.1, 0.15) is 0 Å².